The van der Waals surface area contributed by atoms with Gasteiger partial charge < -0.3 is 14.7 Å². The van der Waals surface area contributed by atoms with Gasteiger partial charge in [0.25, 0.3) is 0 Å². The monoisotopic (exact) mass is 463 g/mol. The number of hydrogen-bond acceptors (Lipinski definition) is 6. The normalized spacial score (nSPS) is 21.4. The maximum absolute atomic E-state index is 11.3. The van der Waals surface area contributed by atoms with Crippen LogP contribution in [0.25, 0.3) is 0 Å². The van der Waals surface area contributed by atoms with Crippen molar-refractivity contribution in [2.45, 2.75) is 36.5 Å². The van der Waals surface area contributed by atoms with Gasteiger partial charge in [-0.1, -0.05) is 38.5 Å². The van der Waals surface area contributed by atoms with E-state index >= 15 is 0 Å². The number of benzene rings is 2. The smallest absolute Gasteiger partial charge is 0.331 e. The highest BCUT2D eigenvalue weighted by molar-refractivity contribution is 8.24. The van der Waals surface area contributed by atoms with E-state index in [4.69, 9.17) is 9.84 Å². The van der Waals surface area contributed by atoms with Gasteiger partial charge in [-0.05, 0) is 30.9 Å². The molecule has 0 aliphatic carbocycles. The first-order chi connectivity index (χ1) is 14.7. The average molecular weight is 464 g/mol. The van der Waals surface area contributed by atoms with Crippen molar-refractivity contribution in [3.05, 3.63) is 54.8 Å². The molecular weight excluding hydrogens is 434 g/mol. The predicted octanol–water partition coefficient (Wildman–Crippen LogP) is 6.45. The summed E-state index contributed by atoms with van der Waals surface area (Å²) in [6.07, 6.45) is 5.71. The number of ether oxygens (including phenoxy) is 1. The second kappa shape index (κ2) is 9.56. The number of aliphatic carboxylic acids is 1. The molecule has 6 nitrogen and oxygen atoms in total. The van der Waals surface area contributed by atoms with Crippen molar-refractivity contribution < 1.29 is 23.7 Å². The van der Waals surface area contributed by atoms with Crippen LogP contribution in [0.1, 0.15) is 26.7 Å². The molecule has 3 N–H and O–H groups in total. The second-order valence-electron chi connectivity index (χ2n) is 8.02. The van der Waals surface area contributed by atoms with Crippen molar-refractivity contribution in [1.82, 2.24) is 0 Å². The molecule has 31 heavy (non-hydrogen) atoms. The zero-order valence-electron chi connectivity index (χ0n) is 17.9. The lowest BCUT2D eigenvalue weighted by molar-refractivity contribution is -0.131. The fraction of sp³-hybridized carbons (Fsp3) is 0.348. The third kappa shape index (κ3) is 5.38. The Bertz CT molecular complexity index is 964. The van der Waals surface area contributed by atoms with Crippen LogP contribution in [0, 0.1) is 5.41 Å². The van der Waals surface area contributed by atoms with Crippen LogP contribution in [0.15, 0.2) is 64.6 Å². The Morgan fingerprint density at radius 1 is 1.29 bits per heavy atom. The van der Waals surface area contributed by atoms with E-state index in [-0.39, 0.29) is 11.2 Å². The quantitative estimate of drug-likeness (QED) is 0.247. The Balaban J connectivity index is 2.19. The van der Waals surface area contributed by atoms with Crippen molar-refractivity contribution in [2.75, 3.05) is 23.5 Å². The lowest BCUT2D eigenvalue weighted by atomic mass is 9.87. The number of thioether (sulfide) groups is 1. The lowest BCUT2D eigenvalue weighted by Gasteiger charge is -2.39. The molecule has 0 radical (unpaired) electrons. The molecule has 1 aliphatic heterocycles. The molecule has 2 aromatic carbocycles. The molecule has 1 aliphatic rings. The highest BCUT2D eigenvalue weighted by atomic mass is 32.3. The lowest BCUT2D eigenvalue weighted by Crippen LogP contribution is -2.35. The number of carbonyl (C=O) groups is 1. The Morgan fingerprint density at radius 3 is 2.61 bits per heavy atom. The van der Waals surface area contributed by atoms with Crippen LogP contribution < -0.4 is 9.64 Å². The first-order valence-corrected chi connectivity index (χ1v) is 13.0. The fourth-order valence-corrected chi connectivity index (χ4v) is 6.79. The number of carboxylic acids is 1. The van der Waals surface area contributed by atoms with E-state index in [1.165, 1.54) is 11.8 Å². The molecule has 3 rings (SSSR count). The van der Waals surface area contributed by atoms with Crippen LogP contribution in [0.4, 0.5) is 11.4 Å². The van der Waals surface area contributed by atoms with E-state index in [2.05, 4.69) is 18.7 Å². The zero-order chi connectivity index (χ0) is 22.6. The van der Waals surface area contributed by atoms with Crippen molar-refractivity contribution in [3.63, 3.8) is 0 Å². The topological polar surface area (TPSA) is 90.2 Å². The number of anilines is 2. The Labute approximate surface area is 189 Å². The maximum Gasteiger partial charge on any atom is 0.331 e. The summed E-state index contributed by atoms with van der Waals surface area (Å²) in [5, 5.41) is 8.84. The van der Waals surface area contributed by atoms with Crippen LogP contribution in [-0.4, -0.2) is 38.7 Å². The molecule has 0 fully saturated rings. The molecule has 0 amide bonds. The minimum Gasteiger partial charge on any atom is -0.478 e. The molecule has 1 heterocycles. The molecular formula is C23H29NO5S2. The van der Waals surface area contributed by atoms with Gasteiger partial charge in [0, 0.05) is 29.5 Å². The van der Waals surface area contributed by atoms with Gasteiger partial charge >= 0.3 is 5.97 Å². The number of fused-ring (bicyclic) bond motifs is 1. The SMILES string of the molecule is CCC[C@@]1(C)CN(c2ccccc2)c2cc(SC)c(O/C=C/C(=O)O)cc2S(O)(O)C1. The van der Waals surface area contributed by atoms with Crippen LogP contribution >= 0.6 is 22.4 Å². The molecule has 168 valence electrons. The number of para-hydroxylation sites is 1. The van der Waals surface area contributed by atoms with Gasteiger partial charge in [-0.25, -0.2) is 4.79 Å². The standard InChI is InChI=1S/C23H29NO5S2/c1-4-11-23(2)15-24(17-8-6-5-7-9-17)18-13-20(30-3)19(29-12-10-22(25)26)14-21(18)31(27,28)16-23/h5-10,12-14,27-28H,4,11,15-16H2,1-3H3,(H,25,26)/b12-10+/t23-/m0/s1. The summed E-state index contributed by atoms with van der Waals surface area (Å²) in [6.45, 7) is 4.87. The van der Waals surface area contributed by atoms with Crippen LogP contribution in [0.2, 0.25) is 0 Å². The first kappa shape index (κ1) is 23.5. The maximum atomic E-state index is 11.3. The van der Waals surface area contributed by atoms with Gasteiger partial charge in [0.05, 0.1) is 27.8 Å². The van der Waals surface area contributed by atoms with Gasteiger partial charge in [0.1, 0.15) is 5.75 Å². The number of nitrogens with zero attached hydrogens (tertiary/aromatic N) is 1. The zero-order valence-corrected chi connectivity index (χ0v) is 19.6. The van der Waals surface area contributed by atoms with E-state index in [0.29, 0.717) is 17.2 Å². The molecule has 0 saturated heterocycles. The average Bonchev–Trinajstić information content (AvgIpc) is 2.80. The fourth-order valence-electron chi connectivity index (χ4n) is 4.09. The molecule has 1 atom stereocenters. The highest BCUT2D eigenvalue weighted by Crippen LogP contribution is 2.61. The van der Waals surface area contributed by atoms with Crippen LogP contribution in [0.3, 0.4) is 0 Å². The van der Waals surface area contributed by atoms with Crippen molar-refractivity contribution in [3.8, 4) is 5.75 Å². The summed E-state index contributed by atoms with van der Waals surface area (Å²) >= 11 is 1.45. The summed E-state index contributed by atoms with van der Waals surface area (Å²) in [5.41, 5.74) is 1.42. The van der Waals surface area contributed by atoms with E-state index < -0.39 is 16.6 Å². The van der Waals surface area contributed by atoms with Crippen molar-refractivity contribution >= 4 is 39.7 Å². The third-order valence-electron chi connectivity index (χ3n) is 5.30. The van der Waals surface area contributed by atoms with E-state index in [1.54, 1.807) is 6.07 Å². The summed E-state index contributed by atoms with van der Waals surface area (Å²) in [4.78, 5) is 14.2. The summed E-state index contributed by atoms with van der Waals surface area (Å²) < 4.78 is 28.1. The minimum atomic E-state index is -3.11. The van der Waals surface area contributed by atoms with Crippen molar-refractivity contribution in [1.29, 1.82) is 0 Å². The van der Waals surface area contributed by atoms with Gasteiger partial charge in [-0.2, -0.15) is 10.6 Å². The molecule has 0 spiro atoms. The van der Waals surface area contributed by atoms with Gasteiger partial charge in [-0.15, -0.1) is 11.8 Å². The minimum absolute atomic E-state index is 0.257. The first-order valence-electron chi connectivity index (χ1n) is 10.1. The Hall–Kier alpha value is -2.13. The summed E-state index contributed by atoms with van der Waals surface area (Å²) in [7, 11) is -3.11. The summed E-state index contributed by atoms with van der Waals surface area (Å²) in [6, 6.07) is 13.5. The second-order valence-corrected chi connectivity index (χ2v) is 10.9. The van der Waals surface area contributed by atoms with Gasteiger partial charge in [0.2, 0.25) is 0 Å². The molecule has 0 bridgehead atoms. The Morgan fingerprint density at radius 2 is 2.00 bits per heavy atom. The van der Waals surface area contributed by atoms with E-state index in [9.17, 15) is 13.9 Å². The largest absolute Gasteiger partial charge is 0.478 e. The van der Waals surface area contributed by atoms with E-state index in [0.717, 1.165) is 41.4 Å². The highest BCUT2D eigenvalue weighted by Gasteiger charge is 2.40. The third-order valence-corrected chi connectivity index (χ3v) is 8.19. The number of hydrogen-bond donors (Lipinski definition) is 3. The molecule has 0 aromatic heterocycles. The molecule has 8 heteroatoms. The number of carboxylic acid groups (broad SMARTS) is 1. The van der Waals surface area contributed by atoms with Crippen molar-refractivity contribution in [2.24, 2.45) is 5.41 Å². The number of rotatable bonds is 7. The molecule has 0 saturated carbocycles. The van der Waals surface area contributed by atoms with Gasteiger partial charge in [-0.3, -0.25) is 9.11 Å². The van der Waals surface area contributed by atoms with Crippen LogP contribution in [-0.2, 0) is 4.79 Å². The Kier molecular flexibility index (Phi) is 7.26. The van der Waals surface area contributed by atoms with Crippen LogP contribution in [0.5, 0.6) is 5.75 Å². The molecule has 0 unspecified atom stereocenters. The predicted molar refractivity (Wildman–Crippen MR) is 128 cm³/mol. The van der Waals surface area contributed by atoms with E-state index in [1.807, 2.05) is 42.7 Å². The molecule has 2 aromatic rings. The van der Waals surface area contributed by atoms with Gasteiger partial charge in [0.15, 0.2) is 0 Å². The summed E-state index contributed by atoms with van der Waals surface area (Å²) in [5.74, 6) is -0.459.